The zero-order chi connectivity index (χ0) is 21.4. The highest BCUT2D eigenvalue weighted by Crippen LogP contribution is 2.35. The van der Waals surface area contributed by atoms with Gasteiger partial charge < -0.3 is 14.5 Å². The second kappa shape index (κ2) is 10.4. The number of carbonyl (C=O) groups excluding carboxylic acids is 3. The van der Waals surface area contributed by atoms with Gasteiger partial charge in [-0.15, -0.1) is 0 Å². The molecule has 0 bridgehead atoms. The molecular formula is C22H23ClN2O4. The fraction of sp³-hybridized carbons (Fsp3) is 0.227. The van der Waals surface area contributed by atoms with Crippen LogP contribution in [-0.4, -0.2) is 45.7 Å². The number of hydrogen-bond acceptors (Lipinski definition) is 5. The van der Waals surface area contributed by atoms with Gasteiger partial charge >= 0.3 is 0 Å². The fourth-order valence-electron chi connectivity index (χ4n) is 2.91. The standard InChI is InChI=1S/C22H23ClN2O4/c1-4-25(16-9-6-5-7-10-16)22(28)17(15-27)21(29-14-13-26)20-18(23)11-8-12-19(20)24(2)3/h5-13,15H,4,14H2,1-3H3/b21-17-. The van der Waals surface area contributed by atoms with Gasteiger partial charge in [0, 0.05) is 32.0 Å². The molecule has 0 spiro atoms. The summed E-state index contributed by atoms with van der Waals surface area (Å²) in [6.45, 7) is 1.82. The molecular weight excluding hydrogens is 392 g/mol. The number of aldehydes is 2. The number of likely N-dealkylation sites (N-methyl/N-ethyl adjacent to an activating group) is 1. The SMILES string of the molecule is CCN(C(=O)/C(C=O)=C(\OCC=O)c1c(Cl)cccc1N(C)C)c1ccccc1. The van der Waals surface area contributed by atoms with Crippen LogP contribution in [0.5, 0.6) is 0 Å². The predicted molar refractivity (Wildman–Crippen MR) is 115 cm³/mol. The summed E-state index contributed by atoms with van der Waals surface area (Å²) in [7, 11) is 3.61. The van der Waals surface area contributed by atoms with Gasteiger partial charge in [-0.2, -0.15) is 0 Å². The first-order chi connectivity index (χ1) is 14.0. The molecule has 0 saturated heterocycles. The van der Waals surface area contributed by atoms with Crippen molar-refractivity contribution in [1.82, 2.24) is 0 Å². The summed E-state index contributed by atoms with van der Waals surface area (Å²) in [5.41, 5.74) is 1.45. The smallest absolute Gasteiger partial charge is 0.265 e. The first-order valence-corrected chi connectivity index (χ1v) is 9.43. The van der Waals surface area contributed by atoms with E-state index in [0.29, 0.717) is 41.1 Å². The molecule has 0 heterocycles. The average molecular weight is 415 g/mol. The quantitative estimate of drug-likeness (QED) is 0.206. The van der Waals surface area contributed by atoms with Gasteiger partial charge in [-0.25, -0.2) is 0 Å². The first-order valence-electron chi connectivity index (χ1n) is 9.05. The van der Waals surface area contributed by atoms with E-state index in [9.17, 15) is 14.4 Å². The van der Waals surface area contributed by atoms with Crippen LogP contribution in [0.15, 0.2) is 54.1 Å². The molecule has 0 unspecified atom stereocenters. The number of nitrogens with zero attached hydrogens (tertiary/aromatic N) is 2. The van der Waals surface area contributed by atoms with Crippen LogP contribution in [0, 0.1) is 0 Å². The van der Waals surface area contributed by atoms with E-state index in [-0.39, 0.29) is 17.9 Å². The summed E-state index contributed by atoms with van der Waals surface area (Å²) in [6.07, 6.45) is 0.991. The normalized spacial score (nSPS) is 11.3. The number of ether oxygens (including phenoxy) is 1. The molecule has 0 aliphatic carbocycles. The lowest BCUT2D eigenvalue weighted by Gasteiger charge is -2.24. The maximum Gasteiger partial charge on any atom is 0.265 e. The molecule has 7 heteroatoms. The molecule has 0 aliphatic heterocycles. The Bertz CT molecular complexity index is 910. The molecule has 0 saturated carbocycles. The van der Waals surface area contributed by atoms with Crippen molar-refractivity contribution in [2.24, 2.45) is 0 Å². The summed E-state index contributed by atoms with van der Waals surface area (Å²) >= 11 is 6.41. The van der Waals surface area contributed by atoms with E-state index in [4.69, 9.17) is 16.3 Å². The summed E-state index contributed by atoms with van der Waals surface area (Å²) in [5, 5.41) is 0.298. The lowest BCUT2D eigenvalue weighted by Crippen LogP contribution is -2.33. The van der Waals surface area contributed by atoms with Crippen molar-refractivity contribution in [2.45, 2.75) is 6.92 Å². The Labute approximate surface area is 175 Å². The summed E-state index contributed by atoms with van der Waals surface area (Å²) in [6, 6.07) is 14.2. The molecule has 0 aliphatic rings. The van der Waals surface area contributed by atoms with E-state index in [2.05, 4.69) is 0 Å². The minimum absolute atomic E-state index is 0.0271. The molecule has 29 heavy (non-hydrogen) atoms. The largest absolute Gasteiger partial charge is 0.484 e. The van der Waals surface area contributed by atoms with Crippen molar-refractivity contribution in [1.29, 1.82) is 0 Å². The highest BCUT2D eigenvalue weighted by atomic mass is 35.5. The number of carbonyl (C=O) groups is 3. The third-order valence-electron chi connectivity index (χ3n) is 4.22. The molecule has 6 nitrogen and oxygen atoms in total. The van der Waals surface area contributed by atoms with Crippen molar-refractivity contribution in [3.05, 3.63) is 64.7 Å². The Kier molecular flexibility index (Phi) is 7.98. The van der Waals surface area contributed by atoms with Gasteiger partial charge in [-0.1, -0.05) is 35.9 Å². The molecule has 0 N–H and O–H groups in total. The zero-order valence-corrected chi connectivity index (χ0v) is 17.3. The average Bonchev–Trinajstić information content (AvgIpc) is 2.72. The molecule has 0 atom stereocenters. The number of hydrogen-bond donors (Lipinski definition) is 0. The molecule has 0 fully saturated rings. The van der Waals surface area contributed by atoms with Crippen molar-refractivity contribution in [3.8, 4) is 0 Å². The van der Waals surface area contributed by atoms with E-state index in [1.165, 1.54) is 4.90 Å². The molecule has 2 rings (SSSR count). The van der Waals surface area contributed by atoms with Crippen LogP contribution in [-0.2, 0) is 19.1 Å². The van der Waals surface area contributed by atoms with E-state index in [1.54, 1.807) is 68.4 Å². The summed E-state index contributed by atoms with van der Waals surface area (Å²) < 4.78 is 5.58. The number of amides is 1. The van der Waals surface area contributed by atoms with Crippen molar-refractivity contribution in [2.75, 3.05) is 37.0 Å². The lowest BCUT2D eigenvalue weighted by molar-refractivity contribution is -0.117. The molecule has 1 amide bonds. The van der Waals surface area contributed by atoms with Crippen molar-refractivity contribution in [3.63, 3.8) is 0 Å². The Morgan fingerprint density at radius 2 is 1.76 bits per heavy atom. The molecule has 2 aromatic rings. The maximum absolute atomic E-state index is 13.3. The topological polar surface area (TPSA) is 66.9 Å². The second-order valence-corrected chi connectivity index (χ2v) is 6.66. The van der Waals surface area contributed by atoms with E-state index in [0.717, 1.165) is 0 Å². The minimum atomic E-state index is -0.542. The number of para-hydroxylation sites is 1. The second-order valence-electron chi connectivity index (χ2n) is 6.25. The van der Waals surface area contributed by atoms with Gasteiger partial charge in [0.2, 0.25) is 0 Å². The van der Waals surface area contributed by atoms with Gasteiger partial charge in [0.05, 0.1) is 10.6 Å². The Morgan fingerprint density at radius 1 is 1.07 bits per heavy atom. The van der Waals surface area contributed by atoms with Gasteiger partial charge in [0.1, 0.15) is 17.9 Å². The van der Waals surface area contributed by atoms with E-state index >= 15 is 0 Å². The van der Waals surface area contributed by atoms with Crippen LogP contribution in [0.4, 0.5) is 11.4 Å². The maximum atomic E-state index is 13.3. The van der Waals surface area contributed by atoms with Crippen LogP contribution in [0.25, 0.3) is 5.76 Å². The van der Waals surface area contributed by atoms with E-state index < -0.39 is 5.91 Å². The third kappa shape index (κ3) is 5.03. The first kappa shape index (κ1) is 22.2. The molecule has 2 aromatic carbocycles. The van der Waals surface area contributed by atoms with Gasteiger partial charge in [-0.05, 0) is 31.2 Å². The van der Waals surface area contributed by atoms with Crippen LogP contribution in [0.2, 0.25) is 5.02 Å². The lowest BCUT2D eigenvalue weighted by atomic mass is 10.0. The van der Waals surface area contributed by atoms with E-state index in [1.807, 2.05) is 6.07 Å². The third-order valence-corrected chi connectivity index (χ3v) is 4.53. The van der Waals surface area contributed by atoms with Gasteiger partial charge in [-0.3, -0.25) is 14.4 Å². The number of halogens is 1. The van der Waals surface area contributed by atoms with Crippen molar-refractivity contribution >= 4 is 47.2 Å². The van der Waals surface area contributed by atoms with Crippen LogP contribution < -0.4 is 9.80 Å². The molecule has 0 aromatic heterocycles. The Balaban J connectivity index is 2.71. The monoisotopic (exact) mass is 414 g/mol. The fourth-order valence-corrected chi connectivity index (χ4v) is 3.17. The highest BCUT2D eigenvalue weighted by Gasteiger charge is 2.27. The minimum Gasteiger partial charge on any atom is -0.484 e. The van der Waals surface area contributed by atoms with Crippen LogP contribution in [0.3, 0.4) is 0 Å². The van der Waals surface area contributed by atoms with Crippen molar-refractivity contribution < 1.29 is 19.1 Å². The summed E-state index contributed by atoms with van der Waals surface area (Å²) in [5.74, 6) is -0.569. The summed E-state index contributed by atoms with van der Waals surface area (Å²) in [4.78, 5) is 39.5. The van der Waals surface area contributed by atoms with Crippen LogP contribution >= 0.6 is 11.6 Å². The number of rotatable bonds is 9. The predicted octanol–water partition coefficient (Wildman–Crippen LogP) is 3.58. The van der Waals surface area contributed by atoms with Crippen LogP contribution in [0.1, 0.15) is 12.5 Å². The van der Waals surface area contributed by atoms with Gasteiger partial charge in [0.25, 0.3) is 5.91 Å². The Morgan fingerprint density at radius 3 is 2.31 bits per heavy atom. The van der Waals surface area contributed by atoms with Gasteiger partial charge in [0.15, 0.2) is 12.6 Å². The molecule has 152 valence electrons. The molecule has 0 radical (unpaired) electrons. The zero-order valence-electron chi connectivity index (χ0n) is 16.6. The number of anilines is 2. The highest BCUT2D eigenvalue weighted by molar-refractivity contribution is 6.33. The Hall–Kier alpha value is -3.12. The number of benzene rings is 2.